The average molecular weight is 237 g/mol. The highest BCUT2D eigenvalue weighted by atomic mass is 16.5. The van der Waals surface area contributed by atoms with Gasteiger partial charge in [-0.15, -0.1) is 0 Å². The van der Waals surface area contributed by atoms with Gasteiger partial charge in [-0.2, -0.15) is 0 Å². The van der Waals surface area contributed by atoms with E-state index < -0.39 is 6.09 Å². The fourth-order valence-electron chi connectivity index (χ4n) is 1.21. The number of benzene rings is 1. The molecule has 1 rings (SSSR count). The molecule has 0 saturated heterocycles. The fraction of sp³-hybridized carbons (Fsp3) is 0.273. The van der Waals surface area contributed by atoms with Crippen molar-refractivity contribution in [2.75, 3.05) is 31.3 Å². The van der Waals surface area contributed by atoms with Crippen LogP contribution in [0.5, 0.6) is 0 Å². The maximum atomic E-state index is 11.3. The maximum Gasteiger partial charge on any atom is 0.411 e. The number of amides is 2. The van der Waals surface area contributed by atoms with E-state index in [1.165, 1.54) is 7.11 Å². The van der Waals surface area contributed by atoms with Gasteiger partial charge in [0.25, 0.3) is 0 Å². The lowest BCUT2D eigenvalue weighted by Crippen LogP contribution is -2.25. The highest BCUT2D eigenvalue weighted by molar-refractivity contribution is 5.93. The van der Waals surface area contributed by atoms with E-state index in [4.69, 9.17) is 0 Å². The minimum atomic E-state index is -0.552. The van der Waals surface area contributed by atoms with E-state index in [0.29, 0.717) is 11.4 Å². The number of hydrogen-bond acceptors (Lipinski definition) is 4. The van der Waals surface area contributed by atoms with E-state index >= 15 is 0 Å². The van der Waals surface area contributed by atoms with Gasteiger partial charge in [-0.25, -0.2) is 4.79 Å². The summed E-state index contributed by atoms with van der Waals surface area (Å²) >= 11 is 0. The molecule has 0 bridgehead atoms. The molecule has 6 heteroatoms. The third-order valence-corrected chi connectivity index (χ3v) is 1.92. The first-order valence-corrected chi connectivity index (χ1v) is 5.05. The van der Waals surface area contributed by atoms with Crippen LogP contribution in [0.4, 0.5) is 16.2 Å². The quantitative estimate of drug-likeness (QED) is 0.730. The number of methoxy groups -OCH3 is 1. The second-order valence-electron chi connectivity index (χ2n) is 3.28. The van der Waals surface area contributed by atoms with Crippen LogP contribution in [-0.2, 0) is 9.53 Å². The van der Waals surface area contributed by atoms with Crippen molar-refractivity contribution in [3.63, 3.8) is 0 Å². The Labute approximate surface area is 99.3 Å². The summed E-state index contributed by atoms with van der Waals surface area (Å²) in [5.41, 5.74) is 1.17. The van der Waals surface area contributed by atoms with E-state index in [1.807, 2.05) is 0 Å². The molecule has 0 aliphatic heterocycles. The van der Waals surface area contributed by atoms with Crippen molar-refractivity contribution in [3.05, 3.63) is 24.3 Å². The third-order valence-electron chi connectivity index (χ3n) is 1.92. The molecule has 3 N–H and O–H groups in total. The molecule has 0 aromatic heterocycles. The molecule has 0 saturated carbocycles. The number of carbonyl (C=O) groups is 2. The first-order chi connectivity index (χ1) is 8.15. The first-order valence-electron chi connectivity index (χ1n) is 5.05. The number of rotatable bonds is 4. The topological polar surface area (TPSA) is 79.5 Å². The predicted molar refractivity (Wildman–Crippen MR) is 65.0 cm³/mol. The van der Waals surface area contributed by atoms with Gasteiger partial charge in [-0.1, -0.05) is 6.07 Å². The molecule has 6 nitrogen and oxygen atoms in total. The van der Waals surface area contributed by atoms with Gasteiger partial charge in [0.15, 0.2) is 0 Å². The summed E-state index contributed by atoms with van der Waals surface area (Å²) in [5, 5.41) is 7.93. The van der Waals surface area contributed by atoms with Crippen molar-refractivity contribution in [2.24, 2.45) is 0 Å². The summed E-state index contributed by atoms with van der Waals surface area (Å²) < 4.78 is 4.47. The zero-order valence-electron chi connectivity index (χ0n) is 9.74. The summed E-state index contributed by atoms with van der Waals surface area (Å²) in [4.78, 5) is 22.3. The molecule has 0 fully saturated rings. The molecule has 0 aliphatic rings. The molecular formula is C11H15N3O3. The molecule has 1 aromatic rings. The molecule has 2 amide bonds. The first kappa shape index (κ1) is 13.0. The van der Waals surface area contributed by atoms with Gasteiger partial charge in [-0.05, 0) is 25.2 Å². The normalized spacial score (nSPS) is 9.53. The Morgan fingerprint density at radius 2 is 1.88 bits per heavy atom. The standard InChI is InChI=1S/C11H15N3O3/c1-12-7-10(15)13-8-4-3-5-9(6-8)14-11(16)17-2/h3-6,12H,7H2,1-2H3,(H,13,15)(H,14,16). The van der Waals surface area contributed by atoms with E-state index in [-0.39, 0.29) is 12.5 Å². The largest absolute Gasteiger partial charge is 0.453 e. The minimum Gasteiger partial charge on any atom is -0.453 e. The number of anilines is 2. The maximum absolute atomic E-state index is 11.3. The third kappa shape index (κ3) is 4.52. The summed E-state index contributed by atoms with van der Waals surface area (Å²) in [5.74, 6) is -0.150. The smallest absolute Gasteiger partial charge is 0.411 e. The van der Waals surface area contributed by atoms with Gasteiger partial charge in [0.2, 0.25) is 5.91 Å². The van der Waals surface area contributed by atoms with Crippen LogP contribution in [0.15, 0.2) is 24.3 Å². The lowest BCUT2D eigenvalue weighted by atomic mass is 10.2. The number of ether oxygens (including phenoxy) is 1. The second-order valence-corrected chi connectivity index (χ2v) is 3.28. The Morgan fingerprint density at radius 3 is 2.47 bits per heavy atom. The molecule has 0 unspecified atom stereocenters. The monoisotopic (exact) mass is 237 g/mol. The van der Waals surface area contributed by atoms with Crippen LogP contribution in [0, 0.1) is 0 Å². The highest BCUT2D eigenvalue weighted by Gasteiger charge is 2.03. The average Bonchev–Trinajstić information content (AvgIpc) is 2.29. The van der Waals surface area contributed by atoms with Crippen molar-refractivity contribution in [3.8, 4) is 0 Å². The van der Waals surface area contributed by atoms with Crippen LogP contribution in [0.1, 0.15) is 0 Å². The summed E-state index contributed by atoms with van der Waals surface area (Å²) in [7, 11) is 2.97. The van der Waals surface area contributed by atoms with Crippen LogP contribution in [0.2, 0.25) is 0 Å². The van der Waals surface area contributed by atoms with Crippen LogP contribution >= 0.6 is 0 Å². The molecular weight excluding hydrogens is 222 g/mol. The Hall–Kier alpha value is -2.08. The van der Waals surface area contributed by atoms with Crippen LogP contribution in [-0.4, -0.2) is 32.7 Å². The lowest BCUT2D eigenvalue weighted by molar-refractivity contribution is -0.115. The van der Waals surface area contributed by atoms with Crippen molar-refractivity contribution in [1.29, 1.82) is 0 Å². The Kier molecular flexibility index (Phi) is 4.96. The Morgan fingerprint density at radius 1 is 1.24 bits per heavy atom. The van der Waals surface area contributed by atoms with E-state index in [0.717, 1.165) is 0 Å². The molecule has 0 atom stereocenters. The molecule has 0 heterocycles. The van der Waals surface area contributed by atoms with Crippen molar-refractivity contribution in [1.82, 2.24) is 5.32 Å². The van der Waals surface area contributed by atoms with Crippen molar-refractivity contribution in [2.45, 2.75) is 0 Å². The van der Waals surface area contributed by atoms with E-state index in [9.17, 15) is 9.59 Å². The second kappa shape index (κ2) is 6.49. The molecule has 92 valence electrons. The summed E-state index contributed by atoms with van der Waals surface area (Å²) in [6.45, 7) is 0.231. The van der Waals surface area contributed by atoms with Crippen LogP contribution < -0.4 is 16.0 Å². The predicted octanol–water partition coefficient (Wildman–Crippen LogP) is 1.02. The zero-order valence-corrected chi connectivity index (χ0v) is 9.74. The molecule has 0 radical (unpaired) electrons. The lowest BCUT2D eigenvalue weighted by Gasteiger charge is -2.07. The molecule has 1 aromatic carbocycles. The van der Waals surface area contributed by atoms with Gasteiger partial charge < -0.3 is 15.4 Å². The number of hydrogen-bond donors (Lipinski definition) is 3. The Balaban J connectivity index is 2.65. The number of nitrogens with one attached hydrogen (secondary N) is 3. The minimum absolute atomic E-state index is 0.150. The highest BCUT2D eigenvalue weighted by Crippen LogP contribution is 2.14. The van der Waals surface area contributed by atoms with Crippen molar-refractivity contribution < 1.29 is 14.3 Å². The molecule has 0 spiro atoms. The molecule has 17 heavy (non-hydrogen) atoms. The van der Waals surface area contributed by atoms with Crippen LogP contribution in [0.25, 0.3) is 0 Å². The number of likely N-dealkylation sites (N-methyl/N-ethyl adjacent to an activating group) is 1. The van der Waals surface area contributed by atoms with Gasteiger partial charge in [0, 0.05) is 11.4 Å². The van der Waals surface area contributed by atoms with E-state index in [2.05, 4.69) is 20.7 Å². The van der Waals surface area contributed by atoms with Gasteiger partial charge in [-0.3, -0.25) is 10.1 Å². The van der Waals surface area contributed by atoms with Gasteiger partial charge in [0.05, 0.1) is 13.7 Å². The SMILES string of the molecule is CNCC(=O)Nc1cccc(NC(=O)OC)c1. The van der Waals surface area contributed by atoms with Crippen LogP contribution in [0.3, 0.4) is 0 Å². The van der Waals surface area contributed by atoms with E-state index in [1.54, 1.807) is 31.3 Å². The fourth-order valence-corrected chi connectivity index (χ4v) is 1.21. The van der Waals surface area contributed by atoms with Gasteiger partial charge in [0.1, 0.15) is 0 Å². The molecule has 0 aliphatic carbocycles. The number of carbonyl (C=O) groups excluding carboxylic acids is 2. The summed E-state index contributed by atoms with van der Waals surface area (Å²) in [6.07, 6.45) is -0.552. The summed E-state index contributed by atoms with van der Waals surface area (Å²) in [6, 6.07) is 6.80. The van der Waals surface area contributed by atoms with Crippen molar-refractivity contribution >= 4 is 23.4 Å². The zero-order chi connectivity index (χ0) is 12.7. The van der Waals surface area contributed by atoms with Gasteiger partial charge >= 0.3 is 6.09 Å². The Bertz CT molecular complexity index is 407.